The lowest BCUT2D eigenvalue weighted by atomic mass is 10.2. The van der Waals surface area contributed by atoms with E-state index in [0.717, 1.165) is 26.1 Å². The summed E-state index contributed by atoms with van der Waals surface area (Å²) in [5, 5.41) is 12.1. The highest BCUT2D eigenvalue weighted by molar-refractivity contribution is 5.16. The standard InChI is InChI=1S/C15H25N5/c1-12(2)9-16-10-14-11-18-20(13(14)3)8-6-15-5-7-17-19(15)4/h5,7,11-12,16H,6,8-10H2,1-4H3. The number of hydrogen-bond acceptors (Lipinski definition) is 3. The summed E-state index contributed by atoms with van der Waals surface area (Å²) >= 11 is 0. The minimum Gasteiger partial charge on any atom is -0.312 e. The second-order valence-corrected chi connectivity index (χ2v) is 5.70. The molecule has 1 N–H and O–H groups in total. The van der Waals surface area contributed by atoms with Crippen molar-refractivity contribution in [2.45, 2.75) is 40.3 Å². The second kappa shape index (κ2) is 6.70. The van der Waals surface area contributed by atoms with Gasteiger partial charge in [-0.1, -0.05) is 13.8 Å². The average molecular weight is 275 g/mol. The molecule has 5 nitrogen and oxygen atoms in total. The SMILES string of the molecule is Cc1c(CNCC(C)C)cnn1CCc1ccnn1C. The first-order valence-corrected chi connectivity index (χ1v) is 7.26. The van der Waals surface area contributed by atoms with Crippen LogP contribution in [-0.2, 0) is 26.6 Å². The Morgan fingerprint density at radius 1 is 1.30 bits per heavy atom. The van der Waals surface area contributed by atoms with Crippen LogP contribution in [0.1, 0.15) is 30.8 Å². The van der Waals surface area contributed by atoms with Gasteiger partial charge in [-0.15, -0.1) is 0 Å². The molecule has 0 radical (unpaired) electrons. The van der Waals surface area contributed by atoms with Gasteiger partial charge in [0.2, 0.25) is 0 Å². The lowest BCUT2D eigenvalue weighted by molar-refractivity contribution is 0.548. The van der Waals surface area contributed by atoms with E-state index < -0.39 is 0 Å². The zero-order valence-corrected chi connectivity index (χ0v) is 12.9. The molecule has 2 aromatic heterocycles. The van der Waals surface area contributed by atoms with E-state index in [4.69, 9.17) is 0 Å². The Morgan fingerprint density at radius 2 is 2.10 bits per heavy atom. The summed E-state index contributed by atoms with van der Waals surface area (Å²) < 4.78 is 4.00. The van der Waals surface area contributed by atoms with E-state index in [1.54, 1.807) is 0 Å². The molecular formula is C15H25N5. The summed E-state index contributed by atoms with van der Waals surface area (Å²) in [5.74, 6) is 0.676. The van der Waals surface area contributed by atoms with E-state index in [2.05, 4.69) is 47.0 Å². The number of aryl methyl sites for hydroxylation is 3. The van der Waals surface area contributed by atoms with Gasteiger partial charge in [-0.25, -0.2) is 0 Å². The zero-order chi connectivity index (χ0) is 14.5. The van der Waals surface area contributed by atoms with Crippen molar-refractivity contribution in [1.82, 2.24) is 24.9 Å². The molecule has 0 saturated heterocycles. The highest BCUT2D eigenvalue weighted by Gasteiger charge is 2.07. The number of aromatic nitrogens is 4. The van der Waals surface area contributed by atoms with Crippen LogP contribution < -0.4 is 5.32 Å². The maximum atomic E-state index is 4.49. The lowest BCUT2D eigenvalue weighted by Gasteiger charge is -2.08. The van der Waals surface area contributed by atoms with E-state index in [0.29, 0.717) is 5.92 Å². The molecule has 20 heavy (non-hydrogen) atoms. The van der Waals surface area contributed by atoms with Gasteiger partial charge in [-0.2, -0.15) is 10.2 Å². The Morgan fingerprint density at radius 3 is 2.75 bits per heavy atom. The topological polar surface area (TPSA) is 47.7 Å². The van der Waals surface area contributed by atoms with Crippen molar-refractivity contribution in [3.63, 3.8) is 0 Å². The molecule has 2 rings (SSSR count). The Hall–Kier alpha value is -1.62. The molecule has 0 aliphatic carbocycles. The largest absolute Gasteiger partial charge is 0.312 e. The van der Waals surface area contributed by atoms with Crippen molar-refractivity contribution in [2.24, 2.45) is 13.0 Å². The minimum atomic E-state index is 0.676. The second-order valence-electron chi connectivity index (χ2n) is 5.70. The maximum absolute atomic E-state index is 4.49. The number of hydrogen-bond donors (Lipinski definition) is 1. The predicted molar refractivity (Wildman–Crippen MR) is 80.4 cm³/mol. The maximum Gasteiger partial charge on any atom is 0.0537 e. The normalized spacial score (nSPS) is 11.4. The molecule has 0 saturated carbocycles. The molecule has 0 unspecified atom stereocenters. The first-order valence-electron chi connectivity index (χ1n) is 7.26. The fourth-order valence-electron chi connectivity index (χ4n) is 2.25. The van der Waals surface area contributed by atoms with Crippen LogP contribution in [0.5, 0.6) is 0 Å². The lowest BCUT2D eigenvalue weighted by Crippen LogP contribution is -2.19. The minimum absolute atomic E-state index is 0.676. The number of rotatable bonds is 7. The third-order valence-corrected chi connectivity index (χ3v) is 3.58. The van der Waals surface area contributed by atoms with Crippen LogP contribution in [0.4, 0.5) is 0 Å². The smallest absolute Gasteiger partial charge is 0.0537 e. The molecule has 0 fully saturated rings. The van der Waals surface area contributed by atoms with Crippen LogP contribution in [0.25, 0.3) is 0 Å². The summed E-state index contributed by atoms with van der Waals surface area (Å²) in [6.07, 6.45) is 4.77. The average Bonchev–Trinajstić information content (AvgIpc) is 2.95. The van der Waals surface area contributed by atoms with Crippen LogP contribution >= 0.6 is 0 Å². The monoisotopic (exact) mass is 275 g/mol. The third kappa shape index (κ3) is 3.70. The van der Waals surface area contributed by atoms with Gasteiger partial charge in [0, 0.05) is 49.7 Å². The van der Waals surface area contributed by atoms with Crippen LogP contribution in [0.3, 0.4) is 0 Å². The number of nitrogens with one attached hydrogen (secondary N) is 1. The summed E-state index contributed by atoms with van der Waals surface area (Å²) in [7, 11) is 1.98. The molecule has 0 atom stereocenters. The van der Waals surface area contributed by atoms with Gasteiger partial charge < -0.3 is 5.32 Å². The van der Waals surface area contributed by atoms with E-state index in [9.17, 15) is 0 Å². The highest BCUT2D eigenvalue weighted by Crippen LogP contribution is 2.09. The molecule has 0 aliphatic rings. The summed E-state index contributed by atoms with van der Waals surface area (Å²) in [4.78, 5) is 0. The molecular weight excluding hydrogens is 250 g/mol. The van der Waals surface area contributed by atoms with E-state index in [1.165, 1.54) is 17.0 Å². The van der Waals surface area contributed by atoms with Crippen molar-refractivity contribution in [3.8, 4) is 0 Å². The van der Waals surface area contributed by atoms with Crippen LogP contribution in [0.15, 0.2) is 18.5 Å². The van der Waals surface area contributed by atoms with Crippen LogP contribution in [-0.4, -0.2) is 26.1 Å². The molecule has 0 aliphatic heterocycles. The van der Waals surface area contributed by atoms with Gasteiger partial charge in [-0.05, 0) is 25.5 Å². The molecule has 0 amide bonds. The zero-order valence-electron chi connectivity index (χ0n) is 12.9. The molecule has 2 heterocycles. The molecule has 0 aromatic carbocycles. The molecule has 5 heteroatoms. The summed E-state index contributed by atoms with van der Waals surface area (Å²) in [6, 6.07) is 2.06. The molecule has 0 bridgehead atoms. The summed E-state index contributed by atoms with van der Waals surface area (Å²) in [6.45, 7) is 9.42. The Bertz CT molecular complexity index is 538. The number of nitrogens with zero attached hydrogens (tertiary/aromatic N) is 4. The van der Waals surface area contributed by atoms with Crippen LogP contribution in [0.2, 0.25) is 0 Å². The van der Waals surface area contributed by atoms with Crippen LogP contribution in [0, 0.1) is 12.8 Å². The molecule has 0 spiro atoms. The molecule has 110 valence electrons. The quantitative estimate of drug-likeness (QED) is 0.839. The Labute approximate surface area is 121 Å². The van der Waals surface area contributed by atoms with Gasteiger partial charge in [0.05, 0.1) is 6.20 Å². The fourth-order valence-corrected chi connectivity index (χ4v) is 2.25. The van der Waals surface area contributed by atoms with Gasteiger partial charge in [-0.3, -0.25) is 9.36 Å². The fraction of sp³-hybridized carbons (Fsp3) is 0.600. The predicted octanol–water partition coefficient (Wildman–Crippen LogP) is 1.91. The van der Waals surface area contributed by atoms with E-state index in [-0.39, 0.29) is 0 Å². The third-order valence-electron chi connectivity index (χ3n) is 3.58. The first kappa shape index (κ1) is 14.8. The van der Waals surface area contributed by atoms with Crippen molar-refractivity contribution in [3.05, 3.63) is 35.4 Å². The van der Waals surface area contributed by atoms with E-state index in [1.807, 2.05) is 24.1 Å². The van der Waals surface area contributed by atoms with Crippen molar-refractivity contribution in [2.75, 3.05) is 6.54 Å². The Balaban J connectivity index is 1.90. The van der Waals surface area contributed by atoms with Gasteiger partial charge >= 0.3 is 0 Å². The van der Waals surface area contributed by atoms with Crippen molar-refractivity contribution in [1.29, 1.82) is 0 Å². The van der Waals surface area contributed by atoms with Gasteiger partial charge in [0.1, 0.15) is 0 Å². The molecule has 2 aromatic rings. The van der Waals surface area contributed by atoms with Crippen molar-refractivity contribution >= 4 is 0 Å². The van der Waals surface area contributed by atoms with Crippen molar-refractivity contribution < 1.29 is 0 Å². The highest BCUT2D eigenvalue weighted by atomic mass is 15.3. The Kier molecular flexibility index (Phi) is 4.95. The van der Waals surface area contributed by atoms with E-state index >= 15 is 0 Å². The van der Waals surface area contributed by atoms with Gasteiger partial charge in [0.25, 0.3) is 0 Å². The summed E-state index contributed by atoms with van der Waals surface area (Å²) in [5.41, 5.74) is 3.78. The first-order chi connectivity index (χ1) is 9.58. The van der Waals surface area contributed by atoms with Gasteiger partial charge in [0.15, 0.2) is 0 Å².